The molecule has 2 aromatic rings. The predicted molar refractivity (Wildman–Crippen MR) is 91.0 cm³/mol. The van der Waals surface area contributed by atoms with Gasteiger partial charge in [-0.05, 0) is 62.2 Å². The first kappa shape index (κ1) is 16.5. The number of benzene rings is 2. The van der Waals surface area contributed by atoms with E-state index in [0.717, 1.165) is 11.1 Å². The quantitative estimate of drug-likeness (QED) is 0.834. The highest BCUT2D eigenvalue weighted by atomic mass is 16.5. The monoisotopic (exact) mass is 312 g/mol. The third kappa shape index (κ3) is 4.57. The van der Waals surface area contributed by atoms with Crippen molar-refractivity contribution in [2.24, 2.45) is 0 Å². The van der Waals surface area contributed by atoms with E-state index in [1.54, 1.807) is 31.2 Å². The molecule has 0 aliphatic carbocycles. The van der Waals surface area contributed by atoms with E-state index in [4.69, 9.17) is 4.74 Å². The largest absolute Gasteiger partial charge is 0.462 e. The number of ether oxygens (including phenoxy) is 1. The summed E-state index contributed by atoms with van der Waals surface area (Å²) in [6, 6.07) is 12.0. The van der Waals surface area contributed by atoms with Crippen molar-refractivity contribution in [1.29, 1.82) is 0 Å². The Morgan fingerprint density at radius 2 is 1.65 bits per heavy atom. The van der Waals surface area contributed by atoms with Gasteiger partial charge >= 0.3 is 12.0 Å². The van der Waals surface area contributed by atoms with Gasteiger partial charge in [-0.1, -0.05) is 12.1 Å². The topological polar surface area (TPSA) is 67.4 Å². The van der Waals surface area contributed by atoms with Crippen molar-refractivity contribution in [2.45, 2.75) is 20.8 Å². The second-order valence-corrected chi connectivity index (χ2v) is 5.18. The van der Waals surface area contributed by atoms with E-state index in [-0.39, 0.29) is 6.03 Å². The summed E-state index contributed by atoms with van der Waals surface area (Å²) in [6.07, 6.45) is 0. The van der Waals surface area contributed by atoms with Gasteiger partial charge in [0.1, 0.15) is 0 Å². The van der Waals surface area contributed by atoms with E-state index in [1.807, 2.05) is 32.0 Å². The Balaban J connectivity index is 2.03. The minimum atomic E-state index is -0.411. The molecule has 2 N–H and O–H groups in total. The van der Waals surface area contributed by atoms with Gasteiger partial charge in [0.2, 0.25) is 0 Å². The number of aryl methyl sites for hydroxylation is 2. The van der Waals surface area contributed by atoms with E-state index in [1.165, 1.54) is 0 Å². The van der Waals surface area contributed by atoms with Crippen molar-refractivity contribution in [3.63, 3.8) is 0 Å². The fraction of sp³-hybridized carbons (Fsp3) is 0.222. The highest BCUT2D eigenvalue weighted by Gasteiger charge is 2.09. The van der Waals surface area contributed by atoms with Crippen LogP contribution in [0, 0.1) is 13.8 Å². The van der Waals surface area contributed by atoms with Gasteiger partial charge < -0.3 is 15.4 Å². The lowest BCUT2D eigenvalue weighted by Gasteiger charge is -2.10. The van der Waals surface area contributed by atoms with Crippen molar-refractivity contribution in [3.8, 4) is 0 Å². The number of esters is 1. The third-order valence-corrected chi connectivity index (χ3v) is 3.40. The molecule has 0 radical (unpaired) electrons. The highest BCUT2D eigenvalue weighted by molar-refractivity contribution is 6.00. The number of hydrogen-bond acceptors (Lipinski definition) is 3. The zero-order valence-electron chi connectivity index (χ0n) is 13.5. The number of urea groups is 1. The lowest BCUT2D eigenvalue weighted by molar-refractivity contribution is 0.0526. The maximum Gasteiger partial charge on any atom is 0.338 e. The maximum absolute atomic E-state index is 12.0. The fourth-order valence-corrected chi connectivity index (χ4v) is 2.05. The van der Waals surface area contributed by atoms with Crippen molar-refractivity contribution >= 4 is 23.4 Å². The summed E-state index contributed by atoms with van der Waals surface area (Å²) in [7, 11) is 0. The average molecular weight is 312 g/mol. The smallest absolute Gasteiger partial charge is 0.338 e. The summed E-state index contributed by atoms with van der Waals surface area (Å²) in [6.45, 7) is 6.06. The number of anilines is 2. The molecule has 2 amide bonds. The molecule has 0 heterocycles. The first-order valence-corrected chi connectivity index (χ1v) is 7.42. The molecule has 5 heteroatoms. The molecular weight excluding hydrogens is 292 g/mol. The van der Waals surface area contributed by atoms with Crippen LogP contribution in [0.3, 0.4) is 0 Å². The number of rotatable bonds is 4. The van der Waals surface area contributed by atoms with Gasteiger partial charge in [-0.25, -0.2) is 9.59 Å². The molecule has 5 nitrogen and oxygen atoms in total. The van der Waals surface area contributed by atoms with Crippen molar-refractivity contribution < 1.29 is 14.3 Å². The van der Waals surface area contributed by atoms with Gasteiger partial charge in [0.15, 0.2) is 0 Å². The zero-order valence-corrected chi connectivity index (χ0v) is 13.5. The van der Waals surface area contributed by atoms with Gasteiger partial charge in [0.25, 0.3) is 0 Å². The number of amides is 2. The molecular formula is C18H20N2O3. The lowest BCUT2D eigenvalue weighted by Crippen LogP contribution is -2.19. The third-order valence-electron chi connectivity index (χ3n) is 3.40. The first-order chi connectivity index (χ1) is 11.0. The molecule has 0 aliphatic rings. The average Bonchev–Trinajstić information content (AvgIpc) is 2.51. The fourth-order valence-electron chi connectivity index (χ4n) is 2.05. The van der Waals surface area contributed by atoms with Crippen LogP contribution in [0.5, 0.6) is 0 Å². The second kappa shape index (κ2) is 7.45. The molecule has 2 aromatic carbocycles. The molecule has 23 heavy (non-hydrogen) atoms. The maximum atomic E-state index is 12.0. The second-order valence-electron chi connectivity index (χ2n) is 5.18. The van der Waals surface area contributed by atoms with E-state index >= 15 is 0 Å². The standard InChI is InChI=1S/C18H20N2O3/c1-4-23-17(21)14-6-5-7-15(11-14)19-18(22)20-16-9-8-12(2)13(3)10-16/h5-11H,4H2,1-3H3,(H2,19,20,22). The van der Waals surface area contributed by atoms with Crippen molar-refractivity contribution in [1.82, 2.24) is 0 Å². The summed E-state index contributed by atoms with van der Waals surface area (Å²) < 4.78 is 4.94. The molecule has 0 aliphatic heterocycles. The first-order valence-electron chi connectivity index (χ1n) is 7.42. The van der Waals surface area contributed by atoms with Crippen LogP contribution >= 0.6 is 0 Å². The number of carbonyl (C=O) groups is 2. The lowest BCUT2D eigenvalue weighted by atomic mass is 10.1. The Morgan fingerprint density at radius 1 is 0.957 bits per heavy atom. The van der Waals surface area contributed by atoms with Gasteiger partial charge in [-0.2, -0.15) is 0 Å². The number of nitrogens with one attached hydrogen (secondary N) is 2. The SMILES string of the molecule is CCOC(=O)c1cccc(NC(=O)Nc2ccc(C)c(C)c2)c1. The van der Waals surface area contributed by atoms with E-state index in [2.05, 4.69) is 10.6 Å². The summed E-state index contributed by atoms with van der Waals surface area (Å²) in [5, 5.41) is 5.47. The summed E-state index contributed by atoms with van der Waals surface area (Å²) in [4.78, 5) is 23.7. The molecule has 120 valence electrons. The normalized spacial score (nSPS) is 10.0. The molecule has 0 bridgehead atoms. The van der Waals surface area contributed by atoms with Gasteiger partial charge in [0.05, 0.1) is 12.2 Å². The van der Waals surface area contributed by atoms with Gasteiger partial charge in [-0.3, -0.25) is 0 Å². The Labute approximate surface area is 135 Å². The Morgan fingerprint density at radius 3 is 2.30 bits per heavy atom. The number of carbonyl (C=O) groups excluding carboxylic acids is 2. The number of hydrogen-bond donors (Lipinski definition) is 2. The molecule has 2 rings (SSSR count). The van der Waals surface area contributed by atoms with E-state index in [9.17, 15) is 9.59 Å². The van der Waals surface area contributed by atoms with Crippen LogP contribution in [-0.2, 0) is 4.74 Å². The van der Waals surface area contributed by atoms with Crippen LogP contribution in [0.15, 0.2) is 42.5 Å². The van der Waals surface area contributed by atoms with E-state index in [0.29, 0.717) is 23.5 Å². The van der Waals surface area contributed by atoms with Crippen LogP contribution in [0.1, 0.15) is 28.4 Å². The van der Waals surface area contributed by atoms with E-state index < -0.39 is 5.97 Å². The van der Waals surface area contributed by atoms with Crippen LogP contribution < -0.4 is 10.6 Å². The van der Waals surface area contributed by atoms with Crippen LogP contribution in [0.2, 0.25) is 0 Å². The van der Waals surface area contributed by atoms with Crippen molar-refractivity contribution in [2.75, 3.05) is 17.2 Å². The van der Waals surface area contributed by atoms with Crippen LogP contribution in [0.25, 0.3) is 0 Å². The molecule has 0 saturated heterocycles. The van der Waals surface area contributed by atoms with Crippen LogP contribution in [0.4, 0.5) is 16.2 Å². The highest BCUT2D eigenvalue weighted by Crippen LogP contribution is 2.16. The predicted octanol–water partition coefficient (Wildman–Crippen LogP) is 4.12. The molecule has 0 aromatic heterocycles. The zero-order chi connectivity index (χ0) is 16.8. The van der Waals surface area contributed by atoms with Crippen LogP contribution in [-0.4, -0.2) is 18.6 Å². The minimum Gasteiger partial charge on any atom is -0.462 e. The molecule has 0 fully saturated rings. The van der Waals surface area contributed by atoms with Gasteiger partial charge in [0, 0.05) is 11.4 Å². The Kier molecular flexibility index (Phi) is 5.36. The molecule has 0 unspecified atom stereocenters. The Hall–Kier alpha value is -2.82. The summed E-state index contributed by atoms with van der Waals surface area (Å²) in [5.74, 6) is -0.411. The minimum absolute atomic E-state index is 0.309. The molecule has 0 spiro atoms. The summed E-state index contributed by atoms with van der Waals surface area (Å²) >= 11 is 0. The van der Waals surface area contributed by atoms with Crippen molar-refractivity contribution in [3.05, 3.63) is 59.2 Å². The molecule has 0 saturated carbocycles. The molecule has 0 atom stereocenters. The summed E-state index contributed by atoms with van der Waals surface area (Å²) in [5.41, 5.74) is 3.91. The Bertz CT molecular complexity index is 726. The van der Waals surface area contributed by atoms with Gasteiger partial charge in [-0.15, -0.1) is 0 Å².